The number of carboxylic acids is 1. The van der Waals surface area contributed by atoms with Crippen LogP contribution in [0.25, 0.3) is 0 Å². The summed E-state index contributed by atoms with van der Waals surface area (Å²) in [6.45, 7) is 1.47. The van der Waals surface area contributed by atoms with Crippen molar-refractivity contribution < 1.29 is 14.7 Å². The minimum absolute atomic E-state index is 0.204. The van der Waals surface area contributed by atoms with Crippen LogP contribution in [0, 0.1) is 0 Å². The standard InChI is InChI=1S/C9H9NO3/c1-6(5-8(11)12)9(13)7-3-2-4-10-7/h2-5,10H,1H3,(H,11,12). The van der Waals surface area contributed by atoms with Crippen LogP contribution in [-0.4, -0.2) is 21.8 Å². The molecule has 1 rings (SSSR count). The Morgan fingerprint density at radius 1 is 1.54 bits per heavy atom. The van der Waals surface area contributed by atoms with Gasteiger partial charge in [-0.2, -0.15) is 0 Å². The number of aromatic nitrogens is 1. The van der Waals surface area contributed by atoms with Gasteiger partial charge in [-0.05, 0) is 19.1 Å². The van der Waals surface area contributed by atoms with E-state index in [0.29, 0.717) is 5.69 Å². The van der Waals surface area contributed by atoms with Gasteiger partial charge in [0.25, 0.3) is 0 Å². The fraction of sp³-hybridized carbons (Fsp3) is 0.111. The highest BCUT2D eigenvalue weighted by Gasteiger charge is 2.09. The molecule has 0 bridgehead atoms. The van der Waals surface area contributed by atoms with Crippen LogP contribution < -0.4 is 0 Å². The Morgan fingerprint density at radius 3 is 2.69 bits per heavy atom. The predicted molar refractivity (Wildman–Crippen MR) is 46.5 cm³/mol. The number of aliphatic carboxylic acids is 1. The third-order valence-electron chi connectivity index (χ3n) is 1.54. The first-order valence-corrected chi connectivity index (χ1v) is 3.70. The molecule has 0 aromatic carbocycles. The summed E-state index contributed by atoms with van der Waals surface area (Å²) in [6.07, 6.45) is 2.50. The van der Waals surface area contributed by atoms with Crippen LogP contribution in [-0.2, 0) is 4.79 Å². The van der Waals surface area contributed by atoms with Gasteiger partial charge < -0.3 is 10.1 Å². The fourth-order valence-corrected chi connectivity index (χ4v) is 0.935. The fourth-order valence-electron chi connectivity index (χ4n) is 0.935. The third-order valence-corrected chi connectivity index (χ3v) is 1.54. The lowest BCUT2D eigenvalue weighted by Crippen LogP contribution is -2.03. The van der Waals surface area contributed by atoms with E-state index in [-0.39, 0.29) is 11.4 Å². The van der Waals surface area contributed by atoms with Gasteiger partial charge in [0, 0.05) is 17.8 Å². The van der Waals surface area contributed by atoms with Gasteiger partial charge in [0.2, 0.25) is 5.78 Å². The highest BCUT2D eigenvalue weighted by atomic mass is 16.4. The molecular weight excluding hydrogens is 170 g/mol. The Balaban J connectivity index is 2.86. The number of Topliss-reactive ketones (excluding diaryl/α,β-unsaturated/α-hetero) is 1. The lowest BCUT2D eigenvalue weighted by molar-refractivity contribution is -0.131. The topological polar surface area (TPSA) is 70.2 Å². The molecule has 0 aliphatic carbocycles. The molecule has 0 unspecified atom stereocenters. The van der Waals surface area contributed by atoms with Crippen LogP contribution >= 0.6 is 0 Å². The summed E-state index contributed by atoms with van der Waals surface area (Å²) in [4.78, 5) is 24.3. The summed E-state index contributed by atoms with van der Waals surface area (Å²) in [5.74, 6) is -1.41. The van der Waals surface area contributed by atoms with Crippen LogP contribution in [0.2, 0.25) is 0 Å². The van der Waals surface area contributed by atoms with Crippen molar-refractivity contribution >= 4 is 11.8 Å². The number of H-pyrrole nitrogens is 1. The van der Waals surface area contributed by atoms with Crippen molar-refractivity contribution in [3.63, 3.8) is 0 Å². The Hall–Kier alpha value is -1.84. The summed E-state index contributed by atoms with van der Waals surface area (Å²) in [5.41, 5.74) is 0.602. The molecule has 0 saturated carbocycles. The van der Waals surface area contributed by atoms with Crippen molar-refractivity contribution in [1.29, 1.82) is 0 Å². The quantitative estimate of drug-likeness (QED) is 0.541. The molecule has 0 saturated heterocycles. The molecule has 0 atom stereocenters. The number of nitrogens with one attached hydrogen (secondary N) is 1. The van der Waals surface area contributed by atoms with Gasteiger partial charge in [0.05, 0.1) is 5.69 Å². The molecule has 4 heteroatoms. The summed E-state index contributed by atoms with van der Waals surface area (Å²) in [6, 6.07) is 3.28. The number of carbonyl (C=O) groups is 2. The monoisotopic (exact) mass is 179 g/mol. The van der Waals surface area contributed by atoms with E-state index in [0.717, 1.165) is 6.08 Å². The maximum absolute atomic E-state index is 11.4. The van der Waals surface area contributed by atoms with Gasteiger partial charge in [0.15, 0.2) is 0 Å². The van der Waals surface area contributed by atoms with E-state index in [9.17, 15) is 9.59 Å². The van der Waals surface area contributed by atoms with E-state index < -0.39 is 5.97 Å². The number of carbonyl (C=O) groups excluding carboxylic acids is 1. The Labute approximate surface area is 74.9 Å². The summed E-state index contributed by atoms with van der Waals surface area (Å²) < 4.78 is 0. The van der Waals surface area contributed by atoms with E-state index in [1.807, 2.05) is 0 Å². The van der Waals surface area contributed by atoms with Crippen LogP contribution in [0.4, 0.5) is 0 Å². The lowest BCUT2D eigenvalue weighted by Gasteiger charge is -1.95. The predicted octanol–water partition coefficient (Wildman–Crippen LogP) is 1.23. The molecule has 68 valence electrons. The first-order chi connectivity index (χ1) is 6.11. The highest BCUT2D eigenvalue weighted by Crippen LogP contribution is 2.04. The number of hydrogen-bond donors (Lipinski definition) is 2. The van der Waals surface area contributed by atoms with Gasteiger partial charge in [-0.25, -0.2) is 4.79 Å². The maximum atomic E-state index is 11.4. The minimum atomic E-state index is -1.11. The van der Waals surface area contributed by atoms with Crippen LogP contribution in [0.15, 0.2) is 30.0 Å². The average Bonchev–Trinajstić information content (AvgIpc) is 2.53. The number of carboxylic acid groups (broad SMARTS) is 1. The summed E-state index contributed by atoms with van der Waals surface area (Å²) in [7, 11) is 0. The van der Waals surface area contributed by atoms with E-state index in [1.54, 1.807) is 18.3 Å². The zero-order valence-corrected chi connectivity index (χ0v) is 7.07. The van der Waals surface area contributed by atoms with Crippen LogP contribution in [0.1, 0.15) is 17.4 Å². The highest BCUT2D eigenvalue weighted by molar-refractivity contribution is 6.09. The van der Waals surface area contributed by atoms with Gasteiger partial charge in [0.1, 0.15) is 0 Å². The van der Waals surface area contributed by atoms with Crippen molar-refractivity contribution in [3.05, 3.63) is 35.7 Å². The van der Waals surface area contributed by atoms with Crippen molar-refractivity contribution in [2.75, 3.05) is 0 Å². The molecule has 0 aliphatic heterocycles. The molecule has 4 nitrogen and oxygen atoms in total. The van der Waals surface area contributed by atoms with Crippen molar-refractivity contribution in [1.82, 2.24) is 4.98 Å². The number of rotatable bonds is 3. The molecule has 0 radical (unpaired) electrons. The van der Waals surface area contributed by atoms with Crippen molar-refractivity contribution in [3.8, 4) is 0 Å². The molecule has 2 N–H and O–H groups in total. The smallest absolute Gasteiger partial charge is 0.328 e. The molecule has 0 aliphatic rings. The molecule has 13 heavy (non-hydrogen) atoms. The van der Waals surface area contributed by atoms with Gasteiger partial charge in [-0.1, -0.05) is 0 Å². The Bertz CT molecular complexity index is 349. The van der Waals surface area contributed by atoms with Gasteiger partial charge in [-0.3, -0.25) is 4.79 Å². The van der Waals surface area contributed by atoms with Crippen molar-refractivity contribution in [2.45, 2.75) is 6.92 Å². The second kappa shape index (κ2) is 3.71. The van der Waals surface area contributed by atoms with Gasteiger partial charge in [-0.15, -0.1) is 0 Å². The zero-order valence-electron chi connectivity index (χ0n) is 7.07. The Kier molecular flexibility index (Phi) is 2.64. The SMILES string of the molecule is CC(=CC(=O)O)C(=O)c1ccc[nH]1. The lowest BCUT2D eigenvalue weighted by atomic mass is 10.1. The normalized spacial score (nSPS) is 11.3. The first kappa shape index (κ1) is 9.25. The third kappa shape index (κ3) is 2.30. The van der Waals surface area contributed by atoms with Gasteiger partial charge >= 0.3 is 5.97 Å². The van der Waals surface area contributed by atoms with E-state index in [2.05, 4.69) is 4.98 Å². The van der Waals surface area contributed by atoms with Crippen molar-refractivity contribution in [2.24, 2.45) is 0 Å². The first-order valence-electron chi connectivity index (χ1n) is 3.70. The summed E-state index contributed by atoms with van der Waals surface area (Å²) in [5, 5.41) is 8.39. The molecule has 1 aromatic rings. The summed E-state index contributed by atoms with van der Waals surface area (Å²) >= 11 is 0. The van der Waals surface area contributed by atoms with Crippen LogP contribution in [0.3, 0.4) is 0 Å². The maximum Gasteiger partial charge on any atom is 0.328 e. The molecule has 1 heterocycles. The second-order valence-corrected chi connectivity index (χ2v) is 2.58. The zero-order chi connectivity index (χ0) is 9.84. The number of ketones is 1. The van der Waals surface area contributed by atoms with E-state index in [1.165, 1.54) is 6.92 Å². The average molecular weight is 179 g/mol. The minimum Gasteiger partial charge on any atom is -0.478 e. The van der Waals surface area contributed by atoms with Crippen LogP contribution in [0.5, 0.6) is 0 Å². The molecule has 0 fully saturated rings. The number of allylic oxidation sites excluding steroid dienone is 1. The second-order valence-electron chi connectivity index (χ2n) is 2.58. The largest absolute Gasteiger partial charge is 0.478 e. The molecular formula is C9H9NO3. The number of aromatic amines is 1. The number of hydrogen-bond acceptors (Lipinski definition) is 2. The Morgan fingerprint density at radius 2 is 2.23 bits per heavy atom. The molecule has 0 amide bonds. The van der Waals surface area contributed by atoms with E-state index in [4.69, 9.17) is 5.11 Å². The molecule has 0 spiro atoms. The van der Waals surface area contributed by atoms with E-state index >= 15 is 0 Å². The molecule has 1 aromatic heterocycles.